The van der Waals surface area contributed by atoms with Crippen molar-refractivity contribution in [2.24, 2.45) is 5.16 Å². The summed E-state index contributed by atoms with van der Waals surface area (Å²) in [6.45, 7) is 0.177. The van der Waals surface area contributed by atoms with Gasteiger partial charge in [-0.05, 0) is 35.9 Å². The van der Waals surface area contributed by atoms with E-state index in [0.717, 1.165) is 6.07 Å². The Bertz CT molecular complexity index is 742. The molecule has 0 bridgehead atoms. The second kappa shape index (κ2) is 4.97. The second-order valence-electron chi connectivity index (χ2n) is 4.63. The van der Waals surface area contributed by atoms with Crippen molar-refractivity contribution in [2.45, 2.75) is 6.54 Å². The first-order chi connectivity index (χ1) is 10.1. The molecule has 1 aliphatic rings. The zero-order chi connectivity index (χ0) is 15.0. The molecule has 1 aliphatic heterocycles. The molecule has 6 heteroatoms. The van der Waals surface area contributed by atoms with Gasteiger partial charge in [0.05, 0.1) is 12.2 Å². The minimum absolute atomic E-state index is 0.177. The van der Waals surface area contributed by atoms with E-state index in [1.807, 2.05) is 0 Å². The fourth-order valence-corrected chi connectivity index (χ4v) is 2.31. The molecule has 3 rings (SSSR count). The number of oxime groups is 1. The Balaban J connectivity index is 2.00. The third kappa shape index (κ3) is 2.24. The van der Waals surface area contributed by atoms with Crippen molar-refractivity contribution in [3.8, 4) is 0 Å². The van der Waals surface area contributed by atoms with Crippen LogP contribution >= 0.6 is 0 Å². The summed E-state index contributed by atoms with van der Waals surface area (Å²) >= 11 is 0. The van der Waals surface area contributed by atoms with Crippen LogP contribution in [0, 0.1) is 11.6 Å². The average Bonchev–Trinajstić information content (AvgIpc) is 2.73. The summed E-state index contributed by atoms with van der Waals surface area (Å²) in [5.41, 5.74) is 1.20. The molecule has 0 aliphatic carbocycles. The van der Waals surface area contributed by atoms with Crippen molar-refractivity contribution in [3.05, 3.63) is 65.2 Å². The van der Waals surface area contributed by atoms with Crippen molar-refractivity contribution >= 4 is 17.3 Å². The molecule has 106 valence electrons. The molecule has 2 aromatic carbocycles. The van der Waals surface area contributed by atoms with E-state index < -0.39 is 11.7 Å². The Morgan fingerprint density at radius 1 is 1.05 bits per heavy atom. The number of halogens is 2. The van der Waals surface area contributed by atoms with E-state index in [1.165, 1.54) is 29.2 Å². The van der Waals surface area contributed by atoms with Crippen LogP contribution in [0.4, 0.5) is 14.5 Å². The molecule has 0 saturated carbocycles. The molecule has 1 amide bonds. The summed E-state index contributed by atoms with van der Waals surface area (Å²) < 4.78 is 26.2. The van der Waals surface area contributed by atoms with Crippen molar-refractivity contribution in [1.29, 1.82) is 0 Å². The molecule has 0 saturated heterocycles. The van der Waals surface area contributed by atoms with E-state index in [-0.39, 0.29) is 23.6 Å². The van der Waals surface area contributed by atoms with Gasteiger partial charge < -0.3 is 10.1 Å². The lowest BCUT2D eigenvalue weighted by Crippen LogP contribution is -2.29. The number of carbonyl (C=O) groups excluding carboxylic acids is 1. The molecule has 0 fully saturated rings. The highest BCUT2D eigenvalue weighted by Crippen LogP contribution is 2.31. The molecule has 4 nitrogen and oxygen atoms in total. The molecule has 2 aromatic rings. The molecule has 0 unspecified atom stereocenters. The third-order valence-corrected chi connectivity index (χ3v) is 3.31. The van der Waals surface area contributed by atoms with Gasteiger partial charge in [-0.25, -0.2) is 8.78 Å². The van der Waals surface area contributed by atoms with Gasteiger partial charge in [0.2, 0.25) is 0 Å². The first-order valence-corrected chi connectivity index (χ1v) is 6.18. The van der Waals surface area contributed by atoms with Gasteiger partial charge in [-0.1, -0.05) is 17.3 Å². The van der Waals surface area contributed by atoms with Crippen molar-refractivity contribution in [1.82, 2.24) is 0 Å². The van der Waals surface area contributed by atoms with Crippen molar-refractivity contribution in [3.63, 3.8) is 0 Å². The van der Waals surface area contributed by atoms with Crippen LogP contribution in [-0.4, -0.2) is 16.8 Å². The number of carbonyl (C=O) groups is 1. The summed E-state index contributed by atoms with van der Waals surface area (Å²) in [4.78, 5) is 13.6. The van der Waals surface area contributed by atoms with Crippen LogP contribution in [0.25, 0.3) is 0 Å². The lowest BCUT2D eigenvalue weighted by Gasteiger charge is -2.16. The summed E-state index contributed by atoms with van der Waals surface area (Å²) in [6, 6.07) is 9.52. The monoisotopic (exact) mass is 288 g/mol. The first kappa shape index (κ1) is 13.2. The number of amides is 1. The summed E-state index contributed by atoms with van der Waals surface area (Å²) in [7, 11) is 0. The predicted molar refractivity (Wildman–Crippen MR) is 72.3 cm³/mol. The van der Waals surface area contributed by atoms with Gasteiger partial charge in [0.15, 0.2) is 5.71 Å². The topological polar surface area (TPSA) is 52.9 Å². The Morgan fingerprint density at radius 2 is 1.71 bits per heavy atom. The quantitative estimate of drug-likeness (QED) is 0.682. The van der Waals surface area contributed by atoms with Gasteiger partial charge in [0, 0.05) is 5.56 Å². The van der Waals surface area contributed by atoms with Crippen molar-refractivity contribution in [2.75, 3.05) is 4.90 Å². The number of fused-ring (bicyclic) bond motifs is 1. The second-order valence-corrected chi connectivity index (χ2v) is 4.63. The maximum atomic E-state index is 13.3. The predicted octanol–water partition coefficient (Wildman–Crippen LogP) is 2.69. The number of nitrogens with zero attached hydrogens (tertiary/aromatic N) is 2. The molecule has 1 N–H and O–H groups in total. The zero-order valence-corrected chi connectivity index (χ0v) is 10.8. The summed E-state index contributed by atoms with van der Waals surface area (Å²) in [6.07, 6.45) is 0. The fourth-order valence-electron chi connectivity index (χ4n) is 2.31. The molecule has 0 spiro atoms. The summed E-state index contributed by atoms with van der Waals surface area (Å²) in [5, 5.41) is 11.9. The number of hydrogen-bond acceptors (Lipinski definition) is 3. The fraction of sp³-hybridized carbons (Fsp3) is 0.0667. The van der Waals surface area contributed by atoms with Crippen LogP contribution in [-0.2, 0) is 11.3 Å². The Labute approximate surface area is 118 Å². The number of rotatable bonds is 2. The molecule has 0 atom stereocenters. The number of benzene rings is 2. The first-order valence-electron chi connectivity index (χ1n) is 6.18. The highest BCUT2D eigenvalue weighted by Gasteiger charge is 2.34. The van der Waals surface area contributed by atoms with E-state index in [0.29, 0.717) is 11.3 Å². The summed E-state index contributed by atoms with van der Waals surface area (Å²) in [5.74, 6) is -1.42. The molecule has 1 heterocycles. The third-order valence-electron chi connectivity index (χ3n) is 3.31. The molecule has 0 radical (unpaired) electrons. The maximum absolute atomic E-state index is 13.3. The van der Waals surface area contributed by atoms with E-state index >= 15 is 0 Å². The minimum atomic E-state index is -0.526. The molecular formula is C15H10F2N2O2. The standard InChI is InChI=1S/C15H10F2N2O2/c16-10-3-1-9(2-4-10)8-19-13-6-5-11(17)7-12(13)14(18-21)15(19)20/h1-7,21H,8H2/b18-14-. The van der Waals surface area contributed by atoms with Gasteiger partial charge in [0.25, 0.3) is 5.91 Å². The van der Waals surface area contributed by atoms with Crippen LogP contribution in [0.2, 0.25) is 0 Å². The largest absolute Gasteiger partial charge is 0.410 e. The molecule has 0 aromatic heterocycles. The van der Waals surface area contributed by atoms with E-state index in [2.05, 4.69) is 5.16 Å². The van der Waals surface area contributed by atoms with Gasteiger partial charge in [0.1, 0.15) is 11.6 Å². The van der Waals surface area contributed by atoms with Crippen LogP contribution in [0.15, 0.2) is 47.6 Å². The van der Waals surface area contributed by atoms with E-state index in [9.17, 15) is 13.6 Å². The maximum Gasteiger partial charge on any atom is 0.281 e. The van der Waals surface area contributed by atoms with Crippen LogP contribution in [0.5, 0.6) is 0 Å². The van der Waals surface area contributed by atoms with Crippen LogP contribution in [0.3, 0.4) is 0 Å². The van der Waals surface area contributed by atoms with E-state index in [4.69, 9.17) is 5.21 Å². The Kier molecular flexibility index (Phi) is 3.13. The van der Waals surface area contributed by atoms with Crippen molar-refractivity contribution < 1.29 is 18.8 Å². The minimum Gasteiger partial charge on any atom is -0.410 e. The smallest absolute Gasteiger partial charge is 0.281 e. The average molecular weight is 288 g/mol. The Hall–Kier alpha value is -2.76. The lowest BCUT2D eigenvalue weighted by atomic mass is 10.1. The Morgan fingerprint density at radius 3 is 2.38 bits per heavy atom. The molecule has 21 heavy (non-hydrogen) atoms. The van der Waals surface area contributed by atoms with Gasteiger partial charge in [-0.15, -0.1) is 0 Å². The molecular weight excluding hydrogens is 278 g/mol. The normalized spacial score (nSPS) is 15.6. The zero-order valence-electron chi connectivity index (χ0n) is 10.8. The highest BCUT2D eigenvalue weighted by molar-refractivity contribution is 6.54. The lowest BCUT2D eigenvalue weighted by molar-refractivity contribution is -0.112. The van der Waals surface area contributed by atoms with Gasteiger partial charge in [-0.3, -0.25) is 4.79 Å². The van der Waals surface area contributed by atoms with Crippen LogP contribution in [0.1, 0.15) is 11.1 Å². The highest BCUT2D eigenvalue weighted by atomic mass is 19.1. The van der Waals surface area contributed by atoms with Crippen LogP contribution < -0.4 is 4.90 Å². The number of anilines is 1. The SMILES string of the molecule is O=C1/C(=N\O)c2cc(F)ccc2N1Cc1ccc(F)cc1. The van der Waals surface area contributed by atoms with Gasteiger partial charge >= 0.3 is 0 Å². The number of hydrogen-bond donors (Lipinski definition) is 1. The van der Waals surface area contributed by atoms with E-state index in [1.54, 1.807) is 12.1 Å². The van der Waals surface area contributed by atoms with Gasteiger partial charge in [-0.2, -0.15) is 0 Å².